The maximum atomic E-state index is 11.9. The van der Waals surface area contributed by atoms with Crippen LogP contribution in [0.15, 0.2) is 45.7 Å². The molecule has 0 N–H and O–H groups in total. The van der Waals surface area contributed by atoms with Crippen molar-refractivity contribution in [1.29, 1.82) is 0 Å². The van der Waals surface area contributed by atoms with Crippen LogP contribution in [0.5, 0.6) is 11.5 Å². The van der Waals surface area contributed by atoms with Gasteiger partial charge in [-0.25, -0.2) is 9.78 Å². The van der Waals surface area contributed by atoms with Gasteiger partial charge in [0.25, 0.3) is 5.56 Å². The second kappa shape index (κ2) is 7.08. The second-order valence-corrected chi connectivity index (χ2v) is 5.21. The SMILES string of the molecule is COc1ccc(OCC(=O)OCc2cc(=O)n3oc(C)cc3n2)cc1. The van der Waals surface area contributed by atoms with E-state index in [9.17, 15) is 9.59 Å². The van der Waals surface area contributed by atoms with Crippen molar-refractivity contribution < 1.29 is 23.5 Å². The summed E-state index contributed by atoms with van der Waals surface area (Å²) in [5.41, 5.74) is 0.327. The quantitative estimate of drug-likeness (QED) is 0.629. The second-order valence-electron chi connectivity index (χ2n) is 5.21. The Kier molecular flexibility index (Phi) is 4.69. The number of nitrogens with zero attached hydrogens (tertiary/aromatic N) is 2. The lowest BCUT2D eigenvalue weighted by molar-refractivity contribution is -0.147. The smallest absolute Gasteiger partial charge is 0.344 e. The monoisotopic (exact) mass is 344 g/mol. The van der Waals surface area contributed by atoms with E-state index in [1.54, 1.807) is 44.4 Å². The van der Waals surface area contributed by atoms with E-state index in [0.717, 1.165) is 4.57 Å². The van der Waals surface area contributed by atoms with E-state index in [0.29, 0.717) is 28.6 Å². The minimum atomic E-state index is -0.568. The van der Waals surface area contributed by atoms with Gasteiger partial charge in [0.2, 0.25) is 0 Å². The fourth-order valence-electron chi connectivity index (χ4n) is 2.16. The van der Waals surface area contributed by atoms with Gasteiger partial charge in [-0.2, -0.15) is 0 Å². The molecular formula is C17H16N2O6. The zero-order valence-corrected chi connectivity index (χ0v) is 13.7. The molecule has 3 aromatic rings. The van der Waals surface area contributed by atoms with E-state index in [-0.39, 0.29) is 18.8 Å². The largest absolute Gasteiger partial charge is 0.497 e. The third-order valence-corrected chi connectivity index (χ3v) is 3.32. The van der Waals surface area contributed by atoms with Crippen LogP contribution in [-0.4, -0.2) is 29.2 Å². The van der Waals surface area contributed by atoms with Crippen LogP contribution in [0.3, 0.4) is 0 Å². The molecule has 0 aliphatic rings. The Balaban J connectivity index is 1.55. The summed E-state index contributed by atoms with van der Waals surface area (Å²) in [5, 5.41) is 0. The molecule has 0 saturated carbocycles. The Bertz CT molecular complexity index is 942. The molecule has 3 rings (SSSR count). The standard InChI is InChI=1S/C17H16N2O6/c1-11-7-15-18-12(8-16(20)19(15)25-11)9-24-17(21)10-23-14-5-3-13(22-2)4-6-14/h3-8H,9-10H2,1-2H3. The molecule has 130 valence electrons. The van der Waals surface area contributed by atoms with Gasteiger partial charge in [0.15, 0.2) is 12.3 Å². The third-order valence-electron chi connectivity index (χ3n) is 3.32. The van der Waals surface area contributed by atoms with Crippen LogP contribution in [-0.2, 0) is 16.1 Å². The molecule has 0 radical (unpaired) electrons. The molecule has 2 aromatic heterocycles. The summed E-state index contributed by atoms with van der Waals surface area (Å²) in [6, 6.07) is 9.70. The zero-order chi connectivity index (χ0) is 17.8. The first-order valence-electron chi connectivity index (χ1n) is 7.47. The average molecular weight is 344 g/mol. The lowest BCUT2D eigenvalue weighted by Crippen LogP contribution is -2.17. The van der Waals surface area contributed by atoms with Gasteiger partial charge in [0.05, 0.1) is 12.8 Å². The van der Waals surface area contributed by atoms with E-state index in [4.69, 9.17) is 18.7 Å². The summed E-state index contributed by atoms with van der Waals surface area (Å²) in [7, 11) is 1.56. The van der Waals surface area contributed by atoms with Crippen molar-refractivity contribution in [1.82, 2.24) is 9.56 Å². The number of carbonyl (C=O) groups excluding carboxylic acids is 1. The van der Waals surface area contributed by atoms with Crippen LogP contribution in [0.2, 0.25) is 0 Å². The number of hydrogen-bond donors (Lipinski definition) is 0. The molecule has 25 heavy (non-hydrogen) atoms. The van der Waals surface area contributed by atoms with Crippen molar-refractivity contribution in [3.8, 4) is 11.5 Å². The first kappa shape index (κ1) is 16.6. The maximum absolute atomic E-state index is 11.9. The number of ether oxygens (including phenoxy) is 3. The Morgan fingerprint density at radius 3 is 2.64 bits per heavy atom. The van der Waals surface area contributed by atoms with Crippen molar-refractivity contribution >= 4 is 11.6 Å². The number of methoxy groups -OCH3 is 1. The average Bonchev–Trinajstić information content (AvgIpc) is 2.99. The van der Waals surface area contributed by atoms with Gasteiger partial charge in [-0.05, 0) is 31.2 Å². The molecule has 0 saturated heterocycles. The van der Waals surface area contributed by atoms with Crippen LogP contribution in [0.1, 0.15) is 11.5 Å². The number of rotatable bonds is 6. The van der Waals surface area contributed by atoms with Gasteiger partial charge in [0, 0.05) is 12.1 Å². The van der Waals surface area contributed by atoms with Crippen molar-refractivity contribution in [3.05, 3.63) is 58.2 Å². The predicted octanol–water partition coefficient (Wildman–Crippen LogP) is 1.73. The number of carbonyl (C=O) groups is 1. The highest BCUT2D eigenvalue weighted by Gasteiger charge is 2.10. The van der Waals surface area contributed by atoms with Crippen LogP contribution in [0.25, 0.3) is 5.65 Å². The summed E-state index contributed by atoms with van der Waals surface area (Å²) in [6.07, 6.45) is 0. The number of benzene rings is 1. The summed E-state index contributed by atoms with van der Waals surface area (Å²) in [4.78, 5) is 27.8. The molecular weight excluding hydrogens is 328 g/mol. The first-order valence-corrected chi connectivity index (χ1v) is 7.47. The minimum Gasteiger partial charge on any atom is -0.497 e. The van der Waals surface area contributed by atoms with Gasteiger partial charge in [0.1, 0.15) is 23.9 Å². The highest BCUT2D eigenvalue weighted by molar-refractivity contribution is 5.71. The predicted molar refractivity (Wildman–Crippen MR) is 86.8 cm³/mol. The van der Waals surface area contributed by atoms with Crippen molar-refractivity contribution in [3.63, 3.8) is 0 Å². The van der Waals surface area contributed by atoms with Crippen molar-refractivity contribution in [2.24, 2.45) is 0 Å². The topological polar surface area (TPSA) is 92.3 Å². The molecule has 0 amide bonds. The Morgan fingerprint density at radius 1 is 1.20 bits per heavy atom. The number of aromatic nitrogens is 2. The fourth-order valence-corrected chi connectivity index (χ4v) is 2.16. The Hall–Kier alpha value is -3.29. The molecule has 8 nitrogen and oxygen atoms in total. The van der Waals surface area contributed by atoms with Gasteiger partial charge in [-0.1, -0.05) is 0 Å². The first-order chi connectivity index (χ1) is 12.0. The molecule has 0 unspecified atom stereocenters. The molecule has 0 fully saturated rings. The number of hydrogen-bond acceptors (Lipinski definition) is 7. The number of aryl methyl sites for hydroxylation is 1. The highest BCUT2D eigenvalue weighted by atomic mass is 16.6. The lowest BCUT2D eigenvalue weighted by atomic mass is 10.3. The van der Waals surface area contributed by atoms with Gasteiger partial charge in [-0.15, -0.1) is 4.57 Å². The van der Waals surface area contributed by atoms with E-state index >= 15 is 0 Å². The number of esters is 1. The van der Waals surface area contributed by atoms with Gasteiger partial charge >= 0.3 is 5.97 Å². The molecule has 0 atom stereocenters. The van der Waals surface area contributed by atoms with Crippen molar-refractivity contribution in [2.75, 3.05) is 13.7 Å². The van der Waals surface area contributed by atoms with Gasteiger partial charge < -0.3 is 18.7 Å². The normalized spacial score (nSPS) is 10.6. The number of fused-ring (bicyclic) bond motifs is 1. The third kappa shape index (κ3) is 3.97. The van der Waals surface area contributed by atoms with E-state index in [2.05, 4.69) is 4.98 Å². The maximum Gasteiger partial charge on any atom is 0.344 e. The highest BCUT2D eigenvalue weighted by Crippen LogP contribution is 2.16. The van der Waals surface area contributed by atoms with Crippen molar-refractivity contribution in [2.45, 2.75) is 13.5 Å². The zero-order valence-electron chi connectivity index (χ0n) is 13.7. The molecule has 1 aromatic carbocycles. The molecule has 8 heteroatoms. The van der Waals surface area contributed by atoms with E-state index < -0.39 is 5.97 Å². The summed E-state index contributed by atoms with van der Waals surface area (Å²) >= 11 is 0. The van der Waals surface area contributed by atoms with Crippen LogP contribution in [0.4, 0.5) is 0 Å². The Labute approximate surface area is 142 Å². The fraction of sp³-hybridized carbons (Fsp3) is 0.235. The van der Waals surface area contributed by atoms with Crippen LogP contribution in [0, 0.1) is 6.92 Å². The van der Waals surface area contributed by atoms with Crippen LogP contribution < -0.4 is 15.0 Å². The van der Waals surface area contributed by atoms with E-state index in [1.807, 2.05) is 0 Å². The molecule has 0 spiro atoms. The van der Waals surface area contributed by atoms with E-state index in [1.165, 1.54) is 6.07 Å². The molecule has 0 aliphatic heterocycles. The van der Waals surface area contributed by atoms with Crippen LogP contribution >= 0.6 is 0 Å². The van der Waals surface area contributed by atoms with Gasteiger partial charge in [-0.3, -0.25) is 4.79 Å². The lowest BCUT2D eigenvalue weighted by Gasteiger charge is -2.07. The Morgan fingerprint density at radius 2 is 1.92 bits per heavy atom. The molecule has 0 aliphatic carbocycles. The molecule has 0 bridgehead atoms. The minimum absolute atomic E-state index is 0.124. The summed E-state index contributed by atoms with van der Waals surface area (Å²) in [6.45, 7) is 1.34. The summed E-state index contributed by atoms with van der Waals surface area (Å²) < 4.78 is 21.7. The molecule has 2 heterocycles. The summed E-state index contributed by atoms with van der Waals surface area (Å²) in [5.74, 6) is 1.20.